The molecule has 0 atom stereocenters. The summed E-state index contributed by atoms with van der Waals surface area (Å²) < 4.78 is 21.6. The van der Waals surface area contributed by atoms with Crippen molar-refractivity contribution in [1.82, 2.24) is 0 Å². The quantitative estimate of drug-likeness (QED) is 0.0246. The lowest BCUT2D eigenvalue weighted by Crippen LogP contribution is -2.19. The van der Waals surface area contributed by atoms with Crippen molar-refractivity contribution in [3.63, 3.8) is 0 Å². The first-order valence-corrected chi connectivity index (χ1v) is 21.0. The number of hydrogen-bond donors (Lipinski definition) is 1. The van der Waals surface area contributed by atoms with Gasteiger partial charge in [0.25, 0.3) is 0 Å². The zero-order chi connectivity index (χ0) is 37.2. The third-order valence-corrected chi connectivity index (χ3v) is 9.72. The van der Waals surface area contributed by atoms with Crippen LogP contribution in [0, 0.1) is 0 Å². The van der Waals surface area contributed by atoms with Gasteiger partial charge in [-0.25, -0.2) is 9.59 Å². The van der Waals surface area contributed by atoms with Crippen LogP contribution in [0.25, 0.3) is 6.08 Å². The van der Waals surface area contributed by atoms with Gasteiger partial charge in [0.15, 0.2) is 11.5 Å². The van der Waals surface area contributed by atoms with Gasteiger partial charge in [-0.05, 0) is 36.6 Å². The van der Waals surface area contributed by atoms with E-state index in [1.165, 1.54) is 162 Å². The molecule has 1 N–H and O–H groups in total. The van der Waals surface area contributed by atoms with Gasteiger partial charge in [0, 0.05) is 0 Å². The van der Waals surface area contributed by atoms with Crippen LogP contribution in [0.1, 0.15) is 199 Å². The highest BCUT2D eigenvalue weighted by Crippen LogP contribution is 2.37. The molecule has 0 radical (unpaired) electrons. The zero-order valence-corrected chi connectivity index (χ0v) is 33.3. The van der Waals surface area contributed by atoms with Gasteiger partial charge in [0.1, 0.15) is 5.57 Å². The molecule has 0 amide bonds. The van der Waals surface area contributed by atoms with E-state index in [2.05, 4.69) is 13.8 Å². The van der Waals surface area contributed by atoms with Gasteiger partial charge in [-0.15, -0.1) is 0 Å². The van der Waals surface area contributed by atoms with Crippen molar-refractivity contribution in [3.05, 3.63) is 23.3 Å². The number of rotatable bonds is 35. The number of carbonyl (C=O) groups excluding carboxylic acids is 2. The number of hydrogen-bond acceptors (Lipinski definition) is 7. The summed E-state index contributed by atoms with van der Waals surface area (Å²) >= 11 is 0. The number of benzene rings is 1. The lowest BCUT2D eigenvalue weighted by atomic mass is 10.0. The highest BCUT2D eigenvalue weighted by atomic mass is 16.6. The van der Waals surface area contributed by atoms with Gasteiger partial charge in [-0.3, -0.25) is 0 Å². The monoisotopic (exact) mass is 717 g/mol. The van der Waals surface area contributed by atoms with Crippen LogP contribution in [0.2, 0.25) is 0 Å². The molecular formula is C44H76O7. The molecule has 0 aliphatic rings. The lowest BCUT2D eigenvalue weighted by molar-refractivity contribution is -0.147. The highest BCUT2D eigenvalue weighted by molar-refractivity contribution is 6.17. The number of phenols is 1. The summed E-state index contributed by atoms with van der Waals surface area (Å²) in [5.74, 6) is -1.22. The maximum atomic E-state index is 13.2. The molecule has 294 valence electrons. The van der Waals surface area contributed by atoms with Crippen molar-refractivity contribution in [1.29, 1.82) is 0 Å². The molecule has 0 saturated carbocycles. The Hall–Kier alpha value is -2.70. The fourth-order valence-corrected chi connectivity index (χ4v) is 6.44. The number of unbranched alkanes of at least 4 members (excludes halogenated alkanes) is 26. The van der Waals surface area contributed by atoms with Crippen LogP contribution in [0.15, 0.2) is 17.7 Å². The molecule has 0 aromatic heterocycles. The third-order valence-electron chi connectivity index (χ3n) is 9.72. The zero-order valence-electron chi connectivity index (χ0n) is 33.3. The number of carbonyl (C=O) groups is 2. The Morgan fingerprint density at radius 1 is 0.490 bits per heavy atom. The van der Waals surface area contributed by atoms with Crippen molar-refractivity contribution in [2.45, 2.75) is 194 Å². The Morgan fingerprint density at radius 2 is 0.765 bits per heavy atom. The van der Waals surface area contributed by atoms with E-state index in [9.17, 15) is 14.7 Å². The van der Waals surface area contributed by atoms with E-state index in [1.807, 2.05) is 0 Å². The summed E-state index contributed by atoms with van der Waals surface area (Å²) in [6.45, 7) is 5.03. The van der Waals surface area contributed by atoms with Crippen molar-refractivity contribution >= 4 is 18.0 Å². The van der Waals surface area contributed by atoms with Gasteiger partial charge in [0.2, 0.25) is 5.75 Å². The minimum atomic E-state index is -0.707. The minimum Gasteiger partial charge on any atom is -0.502 e. The second kappa shape index (κ2) is 33.2. The topological polar surface area (TPSA) is 91.3 Å². The van der Waals surface area contributed by atoms with E-state index in [0.29, 0.717) is 5.56 Å². The second-order valence-corrected chi connectivity index (χ2v) is 14.3. The molecule has 7 nitrogen and oxygen atoms in total. The lowest BCUT2D eigenvalue weighted by Gasteiger charge is -2.12. The second-order valence-electron chi connectivity index (χ2n) is 14.3. The molecule has 0 aliphatic heterocycles. The van der Waals surface area contributed by atoms with E-state index in [1.54, 1.807) is 12.1 Å². The molecule has 51 heavy (non-hydrogen) atoms. The van der Waals surface area contributed by atoms with Crippen molar-refractivity contribution in [2.75, 3.05) is 27.4 Å². The van der Waals surface area contributed by atoms with Crippen LogP contribution in [0.5, 0.6) is 17.2 Å². The molecule has 0 unspecified atom stereocenters. The Balaban J connectivity index is 2.44. The Bertz CT molecular complexity index is 961. The van der Waals surface area contributed by atoms with Gasteiger partial charge in [0.05, 0.1) is 27.4 Å². The first-order chi connectivity index (χ1) is 25.0. The summed E-state index contributed by atoms with van der Waals surface area (Å²) in [5.41, 5.74) is 0.277. The Kier molecular flexibility index (Phi) is 30.1. The highest BCUT2D eigenvalue weighted by Gasteiger charge is 2.23. The minimum absolute atomic E-state index is 0.153. The maximum absolute atomic E-state index is 13.2. The standard InChI is InChI=1S/C44H76O7/c1-5-7-9-11-13-15-17-19-21-23-25-27-29-31-33-50-43(46)39(35-38-36-40(48-3)42(45)41(37-38)49-4)44(47)51-34-32-30-28-26-24-22-20-18-16-14-12-10-8-6-2/h35-37,45H,5-34H2,1-4H3. The molecule has 0 aliphatic carbocycles. The summed E-state index contributed by atoms with van der Waals surface area (Å²) in [7, 11) is 2.86. The molecule has 1 rings (SSSR count). The molecule has 0 fully saturated rings. The number of esters is 2. The fourth-order valence-electron chi connectivity index (χ4n) is 6.44. The molecule has 0 heterocycles. The number of methoxy groups -OCH3 is 2. The summed E-state index contributed by atoms with van der Waals surface area (Å²) in [5, 5.41) is 10.3. The smallest absolute Gasteiger partial charge is 0.345 e. The number of ether oxygens (including phenoxy) is 4. The van der Waals surface area contributed by atoms with Crippen LogP contribution in [0.3, 0.4) is 0 Å². The van der Waals surface area contributed by atoms with E-state index in [4.69, 9.17) is 18.9 Å². The van der Waals surface area contributed by atoms with E-state index in [0.717, 1.165) is 38.5 Å². The van der Waals surface area contributed by atoms with E-state index in [-0.39, 0.29) is 36.0 Å². The largest absolute Gasteiger partial charge is 0.502 e. The summed E-state index contributed by atoms with van der Waals surface area (Å²) in [4.78, 5) is 26.3. The van der Waals surface area contributed by atoms with Crippen LogP contribution in [-0.2, 0) is 19.1 Å². The molecule has 0 spiro atoms. The van der Waals surface area contributed by atoms with Gasteiger partial charge < -0.3 is 24.1 Å². The van der Waals surface area contributed by atoms with Crippen LogP contribution in [0.4, 0.5) is 0 Å². The van der Waals surface area contributed by atoms with Crippen LogP contribution >= 0.6 is 0 Å². The molecular weight excluding hydrogens is 640 g/mol. The van der Waals surface area contributed by atoms with Crippen LogP contribution in [-0.4, -0.2) is 44.5 Å². The summed E-state index contributed by atoms with van der Waals surface area (Å²) in [6.07, 6.45) is 36.4. The fraction of sp³-hybridized carbons (Fsp3) is 0.773. The van der Waals surface area contributed by atoms with Gasteiger partial charge in [-0.1, -0.05) is 181 Å². The maximum Gasteiger partial charge on any atom is 0.345 e. The predicted molar refractivity (Wildman–Crippen MR) is 212 cm³/mol. The summed E-state index contributed by atoms with van der Waals surface area (Å²) in [6, 6.07) is 3.08. The van der Waals surface area contributed by atoms with Crippen molar-refractivity contribution < 1.29 is 33.6 Å². The van der Waals surface area contributed by atoms with Crippen molar-refractivity contribution in [3.8, 4) is 17.2 Å². The Morgan fingerprint density at radius 3 is 1.04 bits per heavy atom. The SMILES string of the molecule is CCCCCCCCCCCCCCCCOC(=O)C(=Cc1cc(OC)c(O)c(OC)c1)C(=O)OCCCCCCCCCCCCCCCC. The first-order valence-electron chi connectivity index (χ1n) is 21.0. The molecule has 1 aromatic rings. The normalized spacial score (nSPS) is 11.0. The van der Waals surface area contributed by atoms with Crippen LogP contribution < -0.4 is 9.47 Å². The van der Waals surface area contributed by atoms with E-state index >= 15 is 0 Å². The number of phenolic OH excluding ortho intramolecular Hbond substituents is 1. The average Bonchev–Trinajstić information content (AvgIpc) is 3.14. The van der Waals surface area contributed by atoms with Gasteiger partial charge >= 0.3 is 11.9 Å². The number of aromatic hydroxyl groups is 1. The molecule has 0 bridgehead atoms. The van der Waals surface area contributed by atoms with Crippen molar-refractivity contribution in [2.24, 2.45) is 0 Å². The Labute approximate surface area is 312 Å². The molecule has 1 aromatic carbocycles. The van der Waals surface area contributed by atoms with E-state index < -0.39 is 11.9 Å². The predicted octanol–water partition coefficient (Wildman–Crippen LogP) is 12.8. The third kappa shape index (κ3) is 24.2. The molecule has 0 saturated heterocycles. The average molecular weight is 717 g/mol. The first kappa shape index (κ1) is 46.3. The van der Waals surface area contributed by atoms with Gasteiger partial charge in [-0.2, -0.15) is 0 Å². The molecule has 7 heteroatoms.